The van der Waals surface area contributed by atoms with Crippen LogP contribution in [-0.4, -0.2) is 58.6 Å². The van der Waals surface area contributed by atoms with Crippen LogP contribution in [-0.2, 0) is 23.2 Å². The van der Waals surface area contributed by atoms with Gasteiger partial charge in [0.05, 0.1) is 12.8 Å². The Labute approximate surface area is 188 Å². The minimum absolute atomic E-state index is 0.00662. The summed E-state index contributed by atoms with van der Waals surface area (Å²) in [6.07, 6.45) is 1.19. The summed E-state index contributed by atoms with van der Waals surface area (Å²) in [4.78, 5) is 39.5. The van der Waals surface area contributed by atoms with Crippen LogP contribution < -0.4 is 15.4 Å². The summed E-state index contributed by atoms with van der Waals surface area (Å²) < 4.78 is 6.70. The molecule has 9 nitrogen and oxygen atoms in total. The molecule has 0 saturated carbocycles. The fourth-order valence-electron chi connectivity index (χ4n) is 3.91. The number of rotatable bonds is 7. The zero-order valence-corrected chi connectivity index (χ0v) is 19.1. The van der Waals surface area contributed by atoms with Crippen LogP contribution in [0.1, 0.15) is 41.5 Å². The van der Waals surface area contributed by atoms with Gasteiger partial charge in [0.2, 0.25) is 11.8 Å². The number of nitrogens with zero attached hydrogens (tertiary/aromatic N) is 3. The van der Waals surface area contributed by atoms with Crippen molar-refractivity contribution < 1.29 is 19.1 Å². The Morgan fingerprint density at radius 3 is 2.56 bits per heavy atom. The molecule has 1 aromatic heterocycles. The van der Waals surface area contributed by atoms with Crippen molar-refractivity contribution in [3.8, 4) is 5.75 Å². The van der Waals surface area contributed by atoms with Gasteiger partial charge in [0.15, 0.2) is 0 Å². The van der Waals surface area contributed by atoms with Crippen LogP contribution in [0.25, 0.3) is 0 Å². The number of nitrogens with one attached hydrogen (secondary N) is 2. The monoisotopic (exact) mass is 441 g/mol. The van der Waals surface area contributed by atoms with Gasteiger partial charge in [0.1, 0.15) is 17.5 Å². The van der Waals surface area contributed by atoms with Crippen molar-refractivity contribution in [1.29, 1.82) is 0 Å². The number of benzene rings is 1. The second kappa shape index (κ2) is 10.3. The second-order valence-corrected chi connectivity index (χ2v) is 8.16. The third-order valence-corrected chi connectivity index (χ3v) is 5.73. The maximum absolute atomic E-state index is 12.8. The first-order valence-corrected chi connectivity index (χ1v) is 10.8. The summed E-state index contributed by atoms with van der Waals surface area (Å²) in [5.41, 5.74) is 2.12. The van der Waals surface area contributed by atoms with E-state index in [0.717, 1.165) is 17.0 Å². The van der Waals surface area contributed by atoms with Crippen LogP contribution in [0.5, 0.6) is 5.75 Å². The number of aromatic nitrogens is 2. The number of ether oxygens (including phenoxy) is 1. The summed E-state index contributed by atoms with van der Waals surface area (Å²) in [7, 11) is 3.30. The molecule has 3 amide bonds. The smallest absolute Gasteiger partial charge is 0.270 e. The number of piperidine rings is 1. The predicted molar refractivity (Wildman–Crippen MR) is 119 cm³/mol. The fraction of sp³-hybridized carbons (Fsp3) is 0.478. The molecule has 0 unspecified atom stereocenters. The van der Waals surface area contributed by atoms with E-state index < -0.39 is 6.04 Å². The molecule has 0 aliphatic carbocycles. The third-order valence-electron chi connectivity index (χ3n) is 5.73. The fourth-order valence-corrected chi connectivity index (χ4v) is 3.91. The molecular weight excluding hydrogens is 410 g/mol. The molecule has 1 aromatic carbocycles. The Morgan fingerprint density at radius 2 is 1.94 bits per heavy atom. The zero-order chi connectivity index (χ0) is 23.3. The molecule has 1 fully saturated rings. The first-order valence-electron chi connectivity index (χ1n) is 10.8. The van der Waals surface area contributed by atoms with Gasteiger partial charge in [-0.2, -0.15) is 5.10 Å². The maximum atomic E-state index is 12.8. The summed E-state index contributed by atoms with van der Waals surface area (Å²) in [6.45, 7) is 4.90. The first-order chi connectivity index (χ1) is 15.3. The van der Waals surface area contributed by atoms with Crippen LogP contribution in [0.15, 0.2) is 30.3 Å². The van der Waals surface area contributed by atoms with Crippen LogP contribution in [0.2, 0.25) is 0 Å². The van der Waals surface area contributed by atoms with Gasteiger partial charge in [-0.25, -0.2) is 0 Å². The van der Waals surface area contributed by atoms with Gasteiger partial charge in [-0.3, -0.25) is 19.1 Å². The van der Waals surface area contributed by atoms with E-state index in [9.17, 15) is 14.4 Å². The van der Waals surface area contributed by atoms with Gasteiger partial charge < -0.3 is 20.3 Å². The minimum Gasteiger partial charge on any atom is -0.497 e. The van der Waals surface area contributed by atoms with E-state index in [2.05, 4.69) is 15.7 Å². The van der Waals surface area contributed by atoms with Crippen LogP contribution in [0.4, 0.5) is 0 Å². The highest BCUT2D eigenvalue weighted by Gasteiger charge is 2.30. The molecule has 2 N–H and O–H groups in total. The molecule has 1 aliphatic heterocycles. The van der Waals surface area contributed by atoms with Crippen LogP contribution >= 0.6 is 0 Å². The van der Waals surface area contributed by atoms with E-state index in [4.69, 9.17) is 4.74 Å². The average Bonchev–Trinajstić information content (AvgIpc) is 3.15. The van der Waals surface area contributed by atoms with Gasteiger partial charge >= 0.3 is 0 Å². The van der Waals surface area contributed by atoms with E-state index in [1.54, 1.807) is 32.0 Å². The highest BCUT2D eigenvalue weighted by atomic mass is 16.5. The van der Waals surface area contributed by atoms with Crippen molar-refractivity contribution in [3.63, 3.8) is 0 Å². The molecule has 3 rings (SSSR count). The first kappa shape index (κ1) is 23.3. The molecule has 0 bridgehead atoms. The molecule has 9 heteroatoms. The lowest BCUT2D eigenvalue weighted by molar-refractivity contribution is -0.136. The molecule has 0 spiro atoms. The van der Waals surface area contributed by atoms with Crippen LogP contribution in [0, 0.1) is 12.8 Å². The second-order valence-electron chi connectivity index (χ2n) is 8.16. The van der Waals surface area contributed by atoms with Crippen molar-refractivity contribution in [1.82, 2.24) is 25.3 Å². The maximum Gasteiger partial charge on any atom is 0.270 e. The highest BCUT2D eigenvalue weighted by Crippen LogP contribution is 2.19. The lowest BCUT2D eigenvalue weighted by Crippen LogP contribution is -2.50. The predicted octanol–water partition coefficient (Wildman–Crippen LogP) is 1.41. The Bertz CT molecular complexity index is 979. The zero-order valence-electron chi connectivity index (χ0n) is 19.1. The summed E-state index contributed by atoms with van der Waals surface area (Å²) in [6, 6.07) is 8.61. The van der Waals surface area contributed by atoms with Gasteiger partial charge in [0, 0.05) is 32.6 Å². The lowest BCUT2D eigenvalue weighted by atomic mass is 9.95. The Kier molecular flexibility index (Phi) is 7.50. The Morgan fingerprint density at radius 1 is 1.22 bits per heavy atom. The molecule has 2 heterocycles. The van der Waals surface area contributed by atoms with E-state index in [1.165, 1.54) is 4.68 Å². The molecule has 1 saturated heterocycles. The van der Waals surface area contributed by atoms with E-state index >= 15 is 0 Å². The Hall–Kier alpha value is -3.36. The minimum atomic E-state index is -0.656. The number of likely N-dealkylation sites (tertiary alicyclic amines) is 1. The quantitative estimate of drug-likeness (QED) is 0.676. The molecule has 2 aromatic rings. The molecule has 1 aliphatic rings. The Balaban J connectivity index is 1.45. The molecule has 0 radical (unpaired) electrons. The largest absolute Gasteiger partial charge is 0.497 e. The summed E-state index contributed by atoms with van der Waals surface area (Å²) in [5, 5.41) is 9.88. The van der Waals surface area contributed by atoms with E-state index in [0.29, 0.717) is 38.2 Å². The lowest BCUT2D eigenvalue weighted by Gasteiger charge is -2.33. The van der Waals surface area contributed by atoms with Crippen molar-refractivity contribution in [2.45, 2.75) is 39.3 Å². The molecular formula is C23H31N5O4. The normalized spacial score (nSPS) is 15.2. The van der Waals surface area contributed by atoms with Crippen LogP contribution in [0.3, 0.4) is 0 Å². The molecule has 1 atom stereocenters. The molecule has 172 valence electrons. The number of carbonyl (C=O) groups is 3. The number of methoxy groups -OCH3 is 1. The number of carbonyl (C=O) groups excluding carboxylic acids is 3. The SMILES string of the molecule is COc1cccc(CNC(=O)C2CCN(C(=O)[C@@H](C)NC(=O)c3cc(C)nn3C)CC2)c1. The van der Waals surface area contributed by atoms with Gasteiger partial charge in [0.25, 0.3) is 5.91 Å². The summed E-state index contributed by atoms with van der Waals surface area (Å²) in [5.74, 6) is 0.136. The van der Waals surface area contributed by atoms with Crippen molar-refractivity contribution in [2.24, 2.45) is 13.0 Å². The average molecular weight is 442 g/mol. The van der Waals surface area contributed by atoms with Crippen molar-refractivity contribution >= 4 is 17.7 Å². The number of hydrogen-bond acceptors (Lipinski definition) is 5. The number of hydrogen-bond donors (Lipinski definition) is 2. The van der Waals surface area contributed by atoms with E-state index in [1.807, 2.05) is 31.2 Å². The van der Waals surface area contributed by atoms with Crippen molar-refractivity contribution in [2.75, 3.05) is 20.2 Å². The topological polar surface area (TPSA) is 106 Å². The summed E-state index contributed by atoms with van der Waals surface area (Å²) >= 11 is 0. The van der Waals surface area contributed by atoms with Gasteiger partial charge in [-0.05, 0) is 50.5 Å². The van der Waals surface area contributed by atoms with Crippen molar-refractivity contribution in [3.05, 3.63) is 47.3 Å². The highest BCUT2D eigenvalue weighted by molar-refractivity contribution is 5.96. The number of amides is 3. The number of aryl methyl sites for hydroxylation is 2. The van der Waals surface area contributed by atoms with Gasteiger partial charge in [-0.1, -0.05) is 12.1 Å². The standard InChI is InChI=1S/C23H31N5O4/c1-15-12-20(27(3)26-15)22(30)25-16(2)23(31)28-10-8-18(9-11-28)21(29)24-14-17-6-5-7-19(13-17)32-4/h5-7,12-13,16,18H,8-11,14H2,1-4H3,(H,24,29)(H,25,30)/t16-/m1/s1. The van der Waals surface area contributed by atoms with E-state index in [-0.39, 0.29) is 23.6 Å². The van der Waals surface area contributed by atoms with Gasteiger partial charge in [-0.15, -0.1) is 0 Å². The molecule has 32 heavy (non-hydrogen) atoms. The third kappa shape index (κ3) is 5.66.